The molecule has 2 N–H and O–H groups in total. The Bertz CT molecular complexity index is 575. The number of thiophene rings is 1. The summed E-state index contributed by atoms with van der Waals surface area (Å²) in [7, 11) is 0. The highest BCUT2D eigenvalue weighted by Crippen LogP contribution is 2.35. The van der Waals surface area contributed by atoms with Crippen LogP contribution in [0.5, 0.6) is 0 Å². The first-order valence-corrected chi connectivity index (χ1v) is 8.48. The van der Waals surface area contributed by atoms with Crippen LogP contribution in [0.4, 0.5) is 0 Å². The summed E-state index contributed by atoms with van der Waals surface area (Å²) >= 11 is 8.21. The van der Waals surface area contributed by atoms with E-state index in [1.165, 1.54) is 9.58 Å². The molecule has 0 radical (unpaired) electrons. The predicted molar refractivity (Wildman–Crippen MR) is 86.5 cm³/mol. The summed E-state index contributed by atoms with van der Waals surface area (Å²) in [5.41, 5.74) is 0. The molecule has 108 valence electrons. The molecule has 2 nitrogen and oxygen atoms in total. The van der Waals surface area contributed by atoms with E-state index in [2.05, 4.69) is 23.5 Å². The number of fused-ring (bicyclic) bond motifs is 1. The largest absolute Gasteiger partial charge is 0.393 e. The molecule has 20 heavy (non-hydrogen) atoms. The van der Waals surface area contributed by atoms with Crippen LogP contribution in [0.25, 0.3) is 10.1 Å². The highest BCUT2D eigenvalue weighted by atomic mass is 35.5. The van der Waals surface area contributed by atoms with Crippen molar-refractivity contribution in [2.45, 2.75) is 38.3 Å². The van der Waals surface area contributed by atoms with E-state index in [9.17, 15) is 5.11 Å². The fourth-order valence-electron chi connectivity index (χ4n) is 2.92. The van der Waals surface area contributed by atoms with Gasteiger partial charge in [0.2, 0.25) is 0 Å². The molecule has 1 aromatic carbocycles. The van der Waals surface area contributed by atoms with E-state index >= 15 is 0 Å². The minimum absolute atomic E-state index is 0.0664. The van der Waals surface area contributed by atoms with E-state index < -0.39 is 0 Å². The summed E-state index contributed by atoms with van der Waals surface area (Å²) in [6.45, 7) is 1.87. The van der Waals surface area contributed by atoms with E-state index in [0.29, 0.717) is 5.92 Å². The molecule has 0 spiro atoms. The Morgan fingerprint density at radius 2 is 1.95 bits per heavy atom. The monoisotopic (exact) mass is 309 g/mol. The Morgan fingerprint density at radius 3 is 2.70 bits per heavy atom. The summed E-state index contributed by atoms with van der Waals surface area (Å²) in [6.07, 6.45) is 4.11. The quantitative estimate of drug-likeness (QED) is 0.887. The smallest absolute Gasteiger partial charge is 0.0636 e. The normalized spacial score (nSPS) is 23.3. The van der Waals surface area contributed by atoms with Gasteiger partial charge in [-0.2, -0.15) is 0 Å². The summed E-state index contributed by atoms with van der Waals surface area (Å²) in [4.78, 5) is 1.23. The molecule has 1 fully saturated rings. The molecule has 0 amide bonds. The minimum Gasteiger partial charge on any atom is -0.393 e. The van der Waals surface area contributed by atoms with Crippen molar-refractivity contribution in [1.29, 1.82) is 0 Å². The lowest BCUT2D eigenvalue weighted by atomic mass is 9.87. The van der Waals surface area contributed by atoms with Gasteiger partial charge in [-0.25, -0.2) is 0 Å². The van der Waals surface area contributed by atoms with E-state index in [-0.39, 0.29) is 6.10 Å². The Labute approximate surface area is 128 Å². The third-order valence-corrected chi connectivity index (χ3v) is 5.85. The van der Waals surface area contributed by atoms with Crippen LogP contribution in [0.15, 0.2) is 24.3 Å². The van der Waals surface area contributed by atoms with Crippen LogP contribution >= 0.6 is 22.9 Å². The summed E-state index contributed by atoms with van der Waals surface area (Å²) < 4.78 is 1.26. The zero-order valence-corrected chi connectivity index (χ0v) is 13.0. The zero-order chi connectivity index (χ0) is 13.9. The molecule has 1 aliphatic carbocycles. The van der Waals surface area contributed by atoms with Gasteiger partial charge in [-0.3, -0.25) is 0 Å². The van der Waals surface area contributed by atoms with Gasteiger partial charge in [-0.05, 0) is 44.2 Å². The molecule has 1 aromatic heterocycles. The van der Waals surface area contributed by atoms with Gasteiger partial charge in [0.05, 0.1) is 11.1 Å². The summed E-state index contributed by atoms with van der Waals surface area (Å²) in [5.74, 6) is 0.701. The maximum atomic E-state index is 9.51. The molecule has 4 heteroatoms. The molecule has 3 rings (SSSR count). The van der Waals surface area contributed by atoms with E-state index in [1.54, 1.807) is 11.3 Å². The zero-order valence-electron chi connectivity index (χ0n) is 11.4. The molecular formula is C16H20ClNOS. The van der Waals surface area contributed by atoms with Crippen molar-refractivity contribution in [1.82, 2.24) is 5.32 Å². The molecule has 0 unspecified atom stereocenters. The van der Waals surface area contributed by atoms with Crippen molar-refractivity contribution in [2.75, 3.05) is 6.54 Å². The van der Waals surface area contributed by atoms with Gasteiger partial charge in [-0.15, -0.1) is 11.3 Å². The fourth-order valence-corrected chi connectivity index (χ4v) is 4.39. The first-order chi connectivity index (χ1) is 9.74. The molecule has 0 aliphatic heterocycles. The van der Waals surface area contributed by atoms with Gasteiger partial charge >= 0.3 is 0 Å². The second-order valence-corrected chi connectivity index (χ2v) is 7.16. The van der Waals surface area contributed by atoms with Crippen LogP contribution in [-0.4, -0.2) is 17.8 Å². The van der Waals surface area contributed by atoms with Crippen molar-refractivity contribution in [3.63, 3.8) is 0 Å². The van der Waals surface area contributed by atoms with Crippen LogP contribution in [0, 0.1) is 5.92 Å². The van der Waals surface area contributed by atoms with E-state index in [4.69, 9.17) is 11.6 Å². The predicted octanol–water partition coefficient (Wildman–Crippen LogP) is 4.20. The molecule has 0 bridgehead atoms. The molecule has 1 heterocycles. The van der Waals surface area contributed by atoms with Crippen molar-refractivity contribution in [3.8, 4) is 0 Å². The van der Waals surface area contributed by atoms with Gasteiger partial charge in [0.1, 0.15) is 0 Å². The van der Waals surface area contributed by atoms with Gasteiger partial charge < -0.3 is 10.4 Å². The van der Waals surface area contributed by atoms with Crippen LogP contribution in [0.1, 0.15) is 30.6 Å². The van der Waals surface area contributed by atoms with E-state index in [1.807, 2.05) is 6.07 Å². The number of hydrogen-bond donors (Lipinski definition) is 2. The maximum absolute atomic E-state index is 9.51. The number of benzene rings is 1. The molecule has 2 aromatic rings. The summed E-state index contributed by atoms with van der Waals surface area (Å²) in [5, 5.41) is 15.1. The SMILES string of the molecule is OC1CCC(CNCc2sc3ccccc3c2Cl)CC1. The first-order valence-electron chi connectivity index (χ1n) is 7.28. The standard InChI is InChI=1S/C16H20ClNOS/c17-16-13-3-1-2-4-14(13)20-15(16)10-18-9-11-5-7-12(19)8-6-11/h1-4,11-12,18-19H,5-10H2. The van der Waals surface area contributed by atoms with Crippen LogP contribution in [-0.2, 0) is 6.54 Å². The van der Waals surface area contributed by atoms with Crippen molar-refractivity contribution < 1.29 is 5.11 Å². The Hall–Kier alpha value is -0.610. The average Bonchev–Trinajstić information content (AvgIpc) is 2.78. The van der Waals surface area contributed by atoms with Crippen LogP contribution in [0.2, 0.25) is 5.02 Å². The second kappa shape index (κ2) is 6.44. The number of hydrogen-bond acceptors (Lipinski definition) is 3. The molecule has 1 aliphatic rings. The highest BCUT2D eigenvalue weighted by Gasteiger charge is 2.19. The number of nitrogens with one attached hydrogen (secondary N) is 1. The van der Waals surface area contributed by atoms with Crippen molar-refractivity contribution >= 4 is 33.0 Å². The lowest BCUT2D eigenvalue weighted by molar-refractivity contribution is 0.108. The highest BCUT2D eigenvalue weighted by molar-refractivity contribution is 7.19. The fraction of sp³-hybridized carbons (Fsp3) is 0.500. The topological polar surface area (TPSA) is 32.3 Å². The maximum Gasteiger partial charge on any atom is 0.0636 e. The third-order valence-electron chi connectivity index (χ3n) is 4.14. The van der Waals surface area contributed by atoms with Crippen molar-refractivity contribution in [3.05, 3.63) is 34.2 Å². The Morgan fingerprint density at radius 1 is 1.20 bits per heavy atom. The molecule has 0 atom stereocenters. The lowest BCUT2D eigenvalue weighted by Crippen LogP contribution is -2.27. The molecule has 0 saturated heterocycles. The van der Waals surface area contributed by atoms with Crippen LogP contribution < -0.4 is 5.32 Å². The Kier molecular flexibility index (Phi) is 4.61. The van der Waals surface area contributed by atoms with Gasteiger partial charge in [0.15, 0.2) is 0 Å². The van der Waals surface area contributed by atoms with E-state index in [0.717, 1.165) is 49.2 Å². The number of rotatable bonds is 4. The van der Waals surface area contributed by atoms with Gasteiger partial charge in [0, 0.05) is 21.5 Å². The molecular weight excluding hydrogens is 290 g/mol. The Balaban J connectivity index is 1.56. The van der Waals surface area contributed by atoms with Gasteiger partial charge in [-0.1, -0.05) is 29.8 Å². The number of aliphatic hydroxyl groups is 1. The van der Waals surface area contributed by atoms with Gasteiger partial charge in [0.25, 0.3) is 0 Å². The first kappa shape index (κ1) is 14.3. The lowest BCUT2D eigenvalue weighted by Gasteiger charge is -2.25. The molecule has 1 saturated carbocycles. The second-order valence-electron chi connectivity index (χ2n) is 5.64. The third kappa shape index (κ3) is 3.17. The number of halogens is 1. The number of aliphatic hydroxyl groups excluding tert-OH is 1. The minimum atomic E-state index is -0.0664. The average molecular weight is 310 g/mol. The summed E-state index contributed by atoms with van der Waals surface area (Å²) in [6, 6.07) is 8.29. The van der Waals surface area contributed by atoms with Crippen molar-refractivity contribution in [2.24, 2.45) is 5.92 Å². The van der Waals surface area contributed by atoms with Crippen LogP contribution in [0.3, 0.4) is 0 Å².